The lowest BCUT2D eigenvalue weighted by atomic mass is 10.1. The van der Waals surface area contributed by atoms with E-state index in [1.54, 1.807) is 30.3 Å². The van der Waals surface area contributed by atoms with E-state index in [-0.39, 0.29) is 10.7 Å². The van der Waals surface area contributed by atoms with Gasteiger partial charge in [-0.3, -0.25) is 19.8 Å². The second-order valence-corrected chi connectivity index (χ2v) is 8.28. The van der Waals surface area contributed by atoms with E-state index >= 15 is 0 Å². The number of para-hydroxylation sites is 1. The van der Waals surface area contributed by atoms with Gasteiger partial charge in [-0.1, -0.05) is 18.2 Å². The fraction of sp³-hybridized carbons (Fsp3) is 0. The van der Waals surface area contributed by atoms with Gasteiger partial charge in [0, 0.05) is 14.7 Å². The number of rotatable bonds is 4. The average molecular weight is 485 g/mol. The molecular weight excluding hydrogens is 472 g/mol. The molecule has 3 aromatic rings. The number of hydrogen-bond donors (Lipinski definition) is 1. The van der Waals surface area contributed by atoms with E-state index < -0.39 is 11.8 Å². The summed E-state index contributed by atoms with van der Waals surface area (Å²) in [6.07, 6.45) is 1.56. The first kappa shape index (κ1) is 19.5. The number of anilines is 1. The van der Waals surface area contributed by atoms with E-state index in [0.29, 0.717) is 17.2 Å². The molecule has 0 unspecified atom stereocenters. The lowest BCUT2D eigenvalue weighted by Crippen LogP contribution is -2.54. The second-order valence-electron chi connectivity index (χ2n) is 6.03. The summed E-state index contributed by atoms with van der Waals surface area (Å²) in [7, 11) is 0. The van der Waals surface area contributed by atoms with E-state index in [4.69, 9.17) is 17.0 Å². The van der Waals surface area contributed by atoms with Gasteiger partial charge < -0.3 is 4.74 Å². The molecule has 2 heterocycles. The molecule has 0 radical (unpaired) electrons. The van der Waals surface area contributed by atoms with Crippen LogP contribution in [0.4, 0.5) is 5.69 Å². The molecule has 1 aliphatic heterocycles. The summed E-state index contributed by atoms with van der Waals surface area (Å²) in [6.45, 7) is 0. The summed E-state index contributed by atoms with van der Waals surface area (Å²) in [6, 6.07) is 18.2. The maximum atomic E-state index is 13.0. The van der Waals surface area contributed by atoms with Crippen molar-refractivity contribution < 1.29 is 14.3 Å². The topological polar surface area (TPSA) is 58.6 Å². The quantitative estimate of drug-likeness (QED) is 0.316. The van der Waals surface area contributed by atoms with Crippen molar-refractivity contribution in [1.29, 1.82) is 0 Å². The molecule has 0 saturated carbocycles. The van der Waals surface area contributed by atoms with Crippen LogP contribution in [0, 0.1) is 0 Å². The monoisotopic (exact) mass is 484 g/mol. The van der Waals surface area contributed by atoms with Crippen LogP contribution in [0.2, 0.25) is 0 Å². The summed E-state index contributed by atoms with van der Waals surface area (Å²) >= 11 is 10.0. The third kappa shape index (κ3) is 4.29. The smallest absolute Gasteiger partial charge is 0.270 e. The molecule has 0 atom stereocenters. The van der Waals surface area contributed by atoms with Gasteiger partial charge in [0.05, 0.1) is 5.69 Å². The number of hydrogen-bond acceptors (Lipinski definition) is 5. The van der Waals surface area contributed by atoms with Crippen LogP contribution in [0.15, 0.2) is 76.1 Å². The maximum Gasteiger partial charge on any atom is 0.270 e. The first-order valence-corrected chi connectivity index (χ1v) is 10.6. The predicted molar refractivity (Wildman–Crippen MR) is 121 cm³/mol. The SMILES string of the molecule is O=C1NC(=S)N(c2ccc(Oc3ccccc3)cc2)C(=O)/C1=C/c1cc(Br)cs1. The van der Waals surface area contributed by atoms with Crippen molar-refractivity contribution in [2.24, 2.45) is 0 Å². The Morgan fingerprint density at radius 2 is 1.72 bits per heavy atom. The molecule has 0 aliphatic carbocycles. The zero-order valence-electron chi connectivity index (χ0n) is 14.8. The Morgan fingerprint density at radius 3 is 2.38 bits per heavy atom. The molecule has 2 aromatic carbocycles. The highest BCUT2D eigenvalue weighted by Crippen LogP contribution is 2.28. The fourth-order valence-electron chi connectivity index (χ4n) is 2.73. The summed E-state index contributed by atoms with van der Waals surface area (Å²) in [5.74, 6) is 0.354. The molecule has 1 N–H and O–H groups in total. The van der Waals surface area contributed by atoms with E-state index in [1.165, 1.54) is 16.2 Å². The normalized spacial score (nSPS) is 15.6. The zero-order chi connectivity index (χ0) is 20.4. The molecule has 4 rings (SSSR count). The van der Waals surface area contributed by atoms with E-state index in [2.05, 4.69) is 21.2 Å². The van der Waals surface area contributed by atoms with Crippen molar-refractivity contribution in [3.05, 3.63) is 81.0 Å². The molecular formula is C21H13BrN2O3S2. The number of thiocarbonyl (C=S) groups is 1. The molecule has 1 aromatic heterocycles. The average Bonchev–Trinajstić information content (AvgIpc) is 3.12. The predicted octanol–water partition coefficient (Wildman–Crippen LogP) is 5.13. The maximum absolute atomic E-state index is 13.0. The van der Waals surface area contributed by atoms with Gasteiger partial charge in [0.1, 0.15) is 17.1 Å². The van der Waals surface area contributed by atoms with Crippen LogP contribution in [0.1, 0.15) is 4.88 Å². The first-order valence-electron chi connectivity index (χ1n) is 8.50. The second kappa shape index (κ2) is 8.28. The summed E-state index contributed by atoms with van der Waals surface area (Å²) in [5, 5.41) is 4.50. The number of amides is 2. The molecule has 0 bridgehead atoms. The van der Waals surface area contributed by atoms with E-state index in [9.17, 15) is 9.59 Å². The molecule has 1 saturated heterocycles. The van der Waals surface area contributed by atoms with Crippen LogP contribution in [0.25, 0.3) is 6.08 Å². The van der Waals surface area contributed by atoms with Crippen LogP contribution < -0.4 is 15.0 Å². The van der Waals surface area contributed by atoms with Crippen molar-refractivity contribution in [1.82, 2.24) is 5.32 Å². The van der Waals surface area contributed by atoms with Gasteiger partial charge in [0.2, 0.25) is 0 Å². The molecule has 29 heavy (non-hydrogen) atoms. The molecule has 8 heteroatoms. The Balaban J connectivity index is 1.59. The highest BCUT2D eigenvalue weighted by molar-refractivity contribution is 9.10. The minimum absolute atomic E-state index is 0.0255. The number of halogens is 1. The summed E-state index contributed by atoms with van der Waals surface area (Å²) < 4.78 is 6.66. The molecule has 5 nitrogen and oxygen atoms in total. The highest BCUT2D eigenvalue weighted by atomic mass is 79.9. The Morgan fingerprint density at radius 1 is 1.03 bits per heavy atom. The van der Waals surface area contributed by atoms with Gasteiger partial charge >= 0.3 is 0 Å². The van der Waals surface area contributed by atoms with Gasteiger partial charge in [-0.2, -0.15) is 0 Å². The number of nitrogens with one attached hydrogen (secondary N) is 1. The number of benzene rings is 2. The van der Waals surface area contributed by atoms with Crippen LogP contribution in [-0.2, 0) is 9.59 Å². The lowest BCUT2D eigenvalue weighted by Gasteiger charge is -2.28. The van der Waals surface area contributed by atoms with E-state index in [0.717, 1.165) is 9.35 Å². The highest BCUT2D eigenvalue weighted by Gasteiger charge is 2.34. The van der Waals surface area contributed by atoms with Crippen LogP contribution in [0.5, 0.6) is 11.5 Å². The Hall–Kier alpha value is -2.81. The van der Waals surface area contributed by atoms with Gasteiger partial charge in [0.25, 0.3) is 11.8 Å². The Labute approximate surface area is 184 Å². The molecule has 2 amide bonds. The van der Waals surface area contributed by atoms with Crippen molar-refractivity contribution in [3.8, 4) is 11.5 Å². The molecule has 1 aliphatic rings. The summed E-state index contributed by atoms with van der Waals surface area (Å²) in [4.78, 5) is 27.4. The third-order valence-corrected chi connectivity index (χ3v) is 5.98. The minimum atomic E-state index is -0.509. The van der Waals surface area contributed by atoms with Gasteiger partial charge in [0.15, 0.2) is 5.11 Å². The number of nitrogens with zero attached hydrogens (tertiary/aromatic N) is 1. The fourth-order valence-corrected chi connectivity index (χ4v) is 4.38. The summed E-state index contributed by atoms with van der Waals surface area (Å²) in [5.41, 5.74) is 0.566. The van der Waals surface area contributed by atoms with Gasteiger partial charge in [-0.25, -0.2) is 0 Å². The van der Waals surface area contributed by atoms with Crippen LogP contribution in [-0.4, -0.2) is 16.9 Å². The van der Waals surface area contributed by atoms with Gasteiger partial charge in [-0.05, 0) is 76.7 Å². The van der Waals surface area contributed by atoms with Gasteiger partial charge in [-0.15, -0.1) is 11.3 Å². The standard InChI is InChI=1S/C21H13BrN2O3S2/c22-13-10-17(29-12-13)11-18-19(25)23-21(28)24(20(18)26)14-6-8-16(9-7-14)27-15-4-2-1-3-5-15/h1-12H,(H,23,25,28)/b18-11+. The molecule has 1 fully saturated rings. The van der Waals surface area contributed by atoms with Crippen molar-refractivity contribution >= 4 is 68.2 Å². The van der Waals surface area contributed by atoms with Crippen molar-refractivity contribution in [2.75, 3.05) is 4.90 Å². The number of carbonyl (C=O) groups excluding carboxylic acids is 2. The largest absolute Gasteiger partial charge is 0.457 e. The Bertz CT molecular complexity index is 1120. The van der Waals surface area contributed by atoms with Crippen LogP contribution in [0.3, 0.4) is 0 Å². The Kier molecular flexibility index (Phi) is 5.57. The third-order valence-electron chi connectivity index (χ3n) is 4.05. The zero-order valence-corrected chi connectivity index (χ0v) is 18.0. The number of carbonyl (C=O) groups is 2. The van der Waals surface area contributed by atoms with Crippen LogP contribution >= 0.6 is 39.5 Å². The molecule has 0 spiro atoms. The first-order chi connectivity index (χ1) is 14.0. The number of thiophene rings is 1. The van der Waals surface area contributed by atoms with Crippen molar-refractivity contribution in [3.63, 3.8) is 0 Å². The minimum Gasteiger partial charge on any atom is -0.457 e. The lowest BCUT2D eigenvalue weighted by molar-refractivity contribution is -0.122. The van der Waals surface area contributed by atoms with Crippen molar-refractivity contribution in [2.45, 2.75) is 0 Å². The van der Waals surface area contributed by atoms with E-state index in [1.807, 2.05) is 41.8 Å². The molecule has 144 valence electrons. The number of ether oxygens (including phenoxy) is 1.